The number of nitrogens with zero attached hydrogens (tertiary/aromatic N) is 4. The molecule has 0 spiro atoms. The quantitative estimate of drug-likeness (QED) is 0.445. The van der Waals surface area contributed by atoms with Gasteiger partial charge in [-0.25, -0.2) is 12.7 Å². The molecule has 0 amide bonds. The lowest BCUT2D eigenvalue weighted by Gasteiger charge is -2.15. The highest BCUT2D eigenvalue weighted by Crippen LogP contribution is 2.12. The second-order valence-corrected chi connectivity index (χ2v) is 5.14. The SMILES string of the molecule is CN(CCN=[N+]=[N-])S(=O)(=O)c1ccccc1. The van der Waals surface area contributed by atoms with Gasteiger partial charge in [-0.3, -0.25) is 0 Å². The van der Waals surface area contributed by atoms with E-state index in [9.17, 15) is 8.42 Å². The summed E-state index contributed by atoms with van der Waals surface area (Å²) in [5.41, 5.74) is 8.09. The molecule has 0 aromatic heterocycles. The Morgan fingerprint density at radius 1 is 1.38 bits per heavy atom. The molecule has 0 radical (unpaired) electrons. The Morgan fingerprint density at radius 2 is 2.00 bits per heavy atom. The Balaban J connectivity index is 2.82. The first-order valence-electron chi connectivity index (χ1n) is 4.61. The molecule has 0 unspecified atom stereocenters. The van der Waals surface area contributed by atoms with Gasteiger partial charge in [0.05, 0.1) is 4.90 Å². The molecule has 6 nitrogen and oxygen atoms in total. The fourth-order valence-corrected chi connectivity index (χ4v) is 2.31. The van der Waals surface area contributed by atoms with E-state index in [4.69, 9.17) is 5.53 Å². The van der Waals surface area contributed by atoms with Crippen LogP contribution in [-0.2, 0) is 10.0 Å². The Morgan fingerprint density at radius 3 is 2.56 bits per heavy atom. The lowest BCUT2D eigenvalue weighted by atomic mass is 10.4. The number of sulfonamides is 1. The monoisotopic (exact) mass is 240 g/mol. The summed E-state index contributed by atoms with van der Waals surface area (Å²) in [5, 5.41) is 3.29. The van der Waals surface area contributed by atoms with Crippen LogP contribution in [0.15, 0.2) is 40.3 Å². The number of benzene rings is 1. The highest BCUT2D eigenvalue weighted by atomic mass is 32.2. The maximum atomic E-state index is 11.9. The van der Waals surface area contributed by atoms with E-state index in [0.717, 1.165) is 4.31 Å². The third-order valence-electron chi connectivity index (χ3n) is 2.03. The first-order chi connectivity index (χ1) is 7.59. The summed E-state index contributed by atoms with van der Waals surface area (Å²) in [7, 11) is -2.02. The van der Waals surface area contributed by atoms with E-state index in [0.29, 0.717) is 0 Å². The molecule has 0 heterocycles. The Bertz CT molecular complexity index is 479. The van der Waals surface area contributed by atoms with E-state index >= 15 is 0 Å². The van der Waals surface area contributed by atoms with Gasteiger partial charge < -0.3 is 0 Å². The molecule has 0 aliphatic heterocycles. The van der Waals surface area contributed by atoms with Crippen molar-refractivity contribution < 1.29 is 8.42 Å². The number of azide groups is 1. The van der Waals surface area contributed by atoms with Crippen molar-refractivity contribution in [3.63, 3.8) is 0 Å². The maximum Gasteiger partial charge on any atom is 0.242 e. The fourth-order valence-electron chi connectivity index (χ4n) is 1.12. The highest BCUT2D eigenvalue weighted by Gasteiger charge is 2.19. The predicted octanol–water partition coefficient (Wildman–Crippen LogP) is 1.62. The third kappa shape index (κ3) is 2.96. The van der Waals surface area contributed by atoms with Gasteiger partial charge in [-0.1, -0.05) is 23.3 Å². The number of hydrogen-bond acceptors (Lipinski definition) is 3. The molecule has 86 valence electrons. The Labute approximate surface area is 94.2 Å². The van der Waals surface area contributed by atoms with Crippen LogP contribution in [0.5, 0.6) is 0 Å². The van der Waals surface area contributed by atoms with E-state index in [1.165, 1.54) is 19.2 Å². The van der Waals surface area contributed by atoms with E-state index in [1.807, 2.05) is 0 Å². The zero-order valence-corrected chi connectivity index (χ0v) is 9.63. The van der Waals surface area contributed by atoms with Crippen molar-refractivity contribution in [1.82, 2.24) is 4.31 Å². The summed E-state index contributed by atoms with van der Waals surface area (Å²) in [6.45, 7) is 0.292. The van der Waals surface area contributed by atoms with Crippen molar-refractivity contribution in [2.75, 3.05) is 20.1 Å². The van der Waals surface area contributed by atoms with Gasteiger partial charge in [0.25, 0.3) is 0 Å². The molecule has 0 fully saturated rings. The second-order valence-electron chi connectivity index (χ2n) is 3.09. The Kier molecular flexibility index (Phi) is 4.30. The minimum Gasteiger partial charge on any atom is -0.207 e. The van der Waals surface area contributed by atoms with Crippen LogP contribution in [0.2, 0.25) is 0 Å². The molecule has 0 aliphatic carbocycles. The average molecular weight is 240 g/mol. The molecule has 0 N–H and O–H groups in total. The maximum absolute atomic E-state index is 11.9. The summed E-state index contributed by atoms with van der Waals surface area (Å²) in [5.74, 6) is 0. The van der Waals surface area contributed by atoms with Crippen LogP contribution in [-0.4, -0.2) is 32.9 Å². The standard InChI is InChI=1S/C9H12N4O2S/c1-13(8-7-11-12-10)16(14,15)9-5-3-2-4-6-9/h2-6H,7-8H2,1H3. The average Bonchev–Trinajstić information content (AvgIpc) is 2.30. The van der Waals surface area contributed by atoms with Crippen LogP contribution in [0, 0.1) is 0 Å². The summed E-state index contributed by atoms with van der Waals surface area (Å²) in [6.07, 6.45) is 0. The molecule has 0 saturated carbocycles. The molecule has 0 aliphatic rings. The van der Waals surface area contributed by atoms with Gasteiger partial charge in [0.2, 0.25) is 10.0 Å². The molecule has 0 saturated heterocycles. The predicted molar refractivity (Wildman–Crippen MR) is 60.3 cm³/mol. The van der Waals surface area contributed by atoms with Gasteiger partial charge in [-0.2, -0.15) is 0 Å². The van der Waals surface area contributed by atoms with E-state index in [-0.39, 0.29) is 18.0 Å². The second kappa shape index (κ2) is 5.50. The summed E-state index contributed by atoms with van der Waals surface area (Å²) in [6, 6.07) is 8.13. The smallest absolute Gasteiger partial charge is 0.207 e. The zero-order chi connectivity index (χ0) is 12.0. The number of likely N-dealkylation sites (N-methyl/N-ethyl adjacent to an activating group) is 1. The highest BCUT2D eigenvalue weighted by molar-refractivity contribution is 7.89. The van der Waals surface area contributed by atoms with Crippen molar-refractivity contribution in [1.29, 1.82) is 0 Å². The first-order valence-corrected chi connectivity index (χ1v) is 6.05. The minimum absolute atomic E-state index is 0.124. The first kappa shape index (κ1) is 12.5. The third-order valence-corrected chi connectivity index (χ3v) is 3.90. The van der Waals surface area contributed by atoms with Crippen molar-refractivity contribution >= 4 is 10.0 Å². The van der Waals surface area contributed by atoms with Gasteiger partial charge in [0.15, 0.2) is 0 Å². The summed E-state index contributed by atoms with van der Waals surface area (Å²) >= 11 is 0. The molecule has 7 heteroatoms. The minimum atomic E-state index is -3.47. The molecular formula is C9H12N4O2S. The van der Waals surface area contributed by atoms with Crippen molar-refractivity contribution in [3.05, 3.63) is 40.8 Å². The lowest BCUT2D eigenvalue weighted by Crippen LogP contribution is -2.29. The van der Waals surface area contributed by atoms with Crippen molar-refractivity contribution in [3.8, 4) is 0 Å². The van der Waals surface area contributed by atoms with Gasteiger partial charge in [-0.15, -0.1) is 0 Å². The number of hydrogen-bond donors (Lipinski definition) is 0. The molecule has 0 bridgehead atoms. The van der Waals surface area contributed by atoms with Crippen LogP contribution in [0.4, 0.5) is 0 Å². The van der Waals surface area contributed by atoms with Crippen molar-refractivity contribution in [2.45, 2.75) is 4.90 Å². The van der Waals surface area contributed by atoms with Crippen LogP contribution >= 0.6 is 0 Å². The lowest BCUT2D eigenvalue weighted by molar-refractivity contribution is 0.476. The topological polar surface area (TPSA) is 86.1 Å². The van der Waals surface area contributed by atoms with Crippen LogP contribution < -0.4 is 0 Å². The zero-order valence-electron chi connectivity index (χ0n) is 8.81. The number of rotatable bonds is 5. The molecule has 1 aromatic carbocycles. The molecular weight excluding hydrogens is 228 g/mol. The van der Waals surface area contributed by atoms with Gasteiger partial charge in [-0.05, 0) is 17.7 Å². The normalized spacial score (nSPS) is 11.1. The van der Waals surface area contributed by atoms with Gasteiger partial charge in [0, 0.05) is 25.0 Å². The molecule has 1 aromatic rings. The van der Waals surface area contributed by atoms with Crippen LogP contribution in [0.1, 0.15) is 0 Å². The molecule has 16 heavy (non-hydrogen) atoms. The van der Waals surface area contributed by atoms with Gasteiger partial charge in [0.1, 0.15) is 0 Å². The molecule has 0 atom stereocenters. The van der Waals surface area contributed by atoms with Crippen LogP contribution in [0.3, 0.4) is 0 Å². The largest absolute Gasteiger partial charge is 0.242 e. The van der Waals surface area contributed by atoms with E-state index in [1.54, 1.807) is 18.2 Å². The van der Waals surface area contributed by atoms with E-state index in [2.05, 4.69) is 10.0 Å². The van der Waals surface area contributed by atoms with Crippen molar-refractivity contribution in [2.24, 2.45) is 5.11 Å². The van der Waals surface area contributed by atoms with Crippen LogP contribution in [0.25, 0.3) is 10.4 Å². The summed E-state index contributed by atoms with van der Waals surface area (Å²) in [4.78, 5) is 2.80. The Hall–Kier alpha value is -1.56. The van der Waals surface area contributed by atoms with E-state index < -0.39 is 10.0 Å². The molecule has 1 rings (SSSR count). The fraction of sp³-hybridized carbons (Fsp3) is 0.333. The van der Waals surface area contributed by atoms with Gasteiger partial charge >= 0.3 is 0 Å². The summed E-state index contributed by atoms with van der Waals surface area (Å²) < 4.78 is 25.0.